The number of hydrogen-bond acceptors (Lipinski definition) is 4. The summed E-state index contributed by atoms with van der Waals surface area (Å²) in [5.41, 5.74) is 2.49. The van der Waals surface area contributed by atoms with Crippen LogP contribution in [0.3, 0.4) is 0 Å². The van der Waals surface area contributed by atoms with Gasteiger partial charge in [-0.05, 0) is 17.7 Å². The summed E-state index contributed by atoms with van der Waals surface area (Å²) in [6, 6.07) is 13.7. The van der Waals surface area contributed by atoms with Crippen molar-refractivity contribution in [3.8, 4) is 0 Å². The number of hydrogen-bond donors (Lipinski definition) is 0. The Morgan fingerprint density at radius 1 is 1.08 bits per heavy atom. The van der Waals surface area contributed by atoms with Crippen molar-refractivity contribution in [2.45, 2.75) is 13.5 Å². The Hall–Kier alpha value is -2.89. The highest BCUT2D eigenvalue weighted by Gasteiger charge is 2.20. The maximum absolute atomic E-state index is 12.7. The van der Waals surface area contributed by atoms with E-state index in [-0.39, 0.29) is 11.8 Å². The van der Waals surface area contributed by atoms with Crippen LogP contribution in [0, 0.1) is 0 Å². The van der Waals surface area contributed by atoms with Crippen molar-refractivity contribution in [2.75, 3.05) is 38.1 Å². The summed E-state index contributed by atoms with van der Waals surface area (Å²) < 4.78 is 0. The van der Waals surface area contributed by atoms with Gasteiger partial charge in [-0.25, -0.2) is 0 Å². The van der Waals surface area contributed by atoms with Gasteiger partial charge >= 0.3 is 0 Å². The molecule has 0 atom stereocenters. The van der Waals surface area contributed by atoms with Gasteiger partial charge in [0.25, 0.3) is 5.91 Å². The lowest BCUT2D eigenvalue weighted by Crippen LogP contribution is -2.48. The van der Waals surface area contributed by atoms with Gasteiger partial charge in [-0.1, -0.05) is 30.3 Å². The average Bonchev–Trinajstić information content (AvgIpc) is 2.68. The first-order valence-electron chi connectivity index (χ1n) is 8.80. The normalized spacial score (nSPS) is 14.2. The molecule has 0 spiro atoms. The number of aromatic nitrogens is 1. The Morgan fingerprint density at radius 2 is 1.77 bits per heavy atom. The second kappa shape index (κ2) is 7.99. The predicted molar refractivity (Wildman–Crippen MR) is 101 cm³/mol. The highest BCUT2D eigenvalue weighted by atomic mass is 16.2. The molecular weight excluding hydrogens is 328 g/mol. The van der Waals surface area contributed by atoms with Crippen LogP contribution in [0.1, 0.15) is 23.0 Å². The molecule has 1 saturated heterocycles. The van der Waals surface area contributed by atoms with Crippen molar-refractivity contribution in [1.29, 1.82) is 0 Å². The Morgan fingerprint density at radius 3 is 2.42 bits per heavy atom. The van der Waals surface area contributed by atoms with Crippen LogP contribution in [0.4, 0.5) is 5.69 Å². The van der Waals surface area contributed by atoms with Crippen LogP contribution in [-0.4, -0.2) is 59.8 Å². The monoisotopic (exact) mass is 352 g/mol. The highest BCUT2D eigenvalue weighted by Crippen LogP contribution is 2.18. The number of piperazine rings is 1. The number of pyridine rings is 1. The molecule has 2 amide bonds. The van der Waals surface area contributed by atoms with Gasteiger partial charge in [0, 0.05) is 58.6 Å². The SMILES string of the molecule is CC(=O)N1CCN(c2ccnc(C(=O)N(C)Cc3ccccc3)c2)CC1. The van der Waals surface area contributed by atoms with E-state index in [0.717, 1.165) is 24.3 Å². The summed E-state index contributed by atoms with van der Waals surface area (Å²) in [4.78, 5) is 34.1. The fourth-order valence-electron chi connectivity index (χ4n) is 3.14. The van der Waals surface area contributed by atoms with E-state index in [4.69, 9.17) is 0 Å². The van der Waals surface area contributed by atoms with Crippen LogP contribution in [0.15, 0.2) is 48.7 Å². The summed E-state index contributed by atoms with van der Waals surface area (Å²) in [5.74, 6) is 0.0101. The standard InChI is InChI=1S/C20H24N4O2/c1-16(25)23-10-12-24(13-11-23)18-8-9-21-19(14-18)20(26)22(2)15-17-6-4-3-5-7-17/h3-9,14H,10-13,15H2,1-2H3. The lowest BCUT2D eigenvalue weighted by molar-refractivity contribution is -0.129. The smallest absolute Gasteiger partial charge is 0.272 e. The molecule has 1 aromatic carbocycles. The first kappa shape index (κ1) is 17.9. The number of anilines is 1. The minimum Gasteiger partial charge on any atom is -0.368 e. The second-order valence-electron chi connectivity index (χ2n) is 6.54. The van der Waals surface area contributed by atoms with Gasteiger partial charge in [0.1, 0.15) is 5.69 Å². The number of rotatable bonds is 4. The van der Waals surface area contributed by atoms with E-state index in [1.165, 1.54) is 0 Å². The fraction of sp³-hybridized carbons (Fsp3) is 0.350. The molecule has 6 nitrogen and oxygen atoms in total. The molecule has 1 aromatic heterocycles. The summed E-state index contributed by atoms with van der Waals surface area (Å²) in [5, 5.41) is 0. The number of nitrogens with zero attached hydrogens (tertiary/aromatic N) is 4. The maximum atomic E-state index is 12.7. The molecule has 26 heavy (non-hydrogen) atoms. The molecule has 2 heterocycles. The Bertz CT molecular complexity index is 770. The fourth-order valence-corrected chi connectivity index (χ4v) is 3.14. The van der Waals surface area contributed by atoms with Gasteiger partial charge in [-0.2, -0.15) is 0 Å². The van der Waals surface area contributed by atoms with Crippen LogP contribution in [0.2, 0.25) is 0 Å². The molecule has 0 unspecified atom stereocenters. The van der Waals surface area contributed by atoms with E-state index >= 15 is 0 Å². The summed E-state index contributed by atoms with van der Waals surface area (Å²) in [6.07, 6.45) is 1.68. The van der Waals surface area contributed by atoms with Crippen molar-refractivity contribution in [3.05, 3.63) is 59.9 Å². The van der Waals surface area contributed by atoms with Gasteiger partial charge in [0.05, 0.1) is 0 Å². The second-order valence-corrected chi connectivity index (χ2v) is 6.54. The predicted octanol–water partition coefficient (Wildman–Crippen LogP) is 2.02. The zero-order valence-corrected chi connectivity index (χ0v) is 15.3. The quantitative estimate of drug-likeness (QED) is 0.845. The zero-order valence-electron chi connectivity index (χ0n) is 15.3. The largest absolute Gasteiger partial charge is 0.368 e. The summed E-state index contributed by atoms with van der Waals surface area (Å²) in [6.45, 7) is 5.07. The third kappa shape index (κ3) is 4.20. The molecule has 3 rings (SSSR count). The first-order chi connectivity index (χ1) is 12.5. The van der Waals surface area contributed by atoms with E-state index in [1.807, 2.05) is 47.4 Å². The van der Waals surface area contributed by atoms with Crippen LogP contribution in [0.5, 0.6) is 0 Å². The molecule has 0 bridgehead atoms. The first-order valence-corrected chi connectivity index (χ1v) is 8.80. The molecule has 0 radical (unpaired) electrons. The van der Waals surface area contributed by atoms with Crippen molar-refractivity contribution >= 4 is 17.5 Å². The number of carbonyl (C=O) groups is 2. The summed E-state index contributed by atoms with van der Waals surface area (Å²) in [7, 11) is 1.79. The van der Waals surface area contributed by atoms with Gasteiger partial charge in [0.15, 0.2) is 0 Å². The van der Waals surface area contributed by atoms with Crippen molar-refractivity contribution in [2.24, 2.45) is 0 Å². The molecule has 0 aliphatic carbocycles. The van der Waals surface area contributed by atoms with Crippen molar-refractivity contribution in [3.63, 3.8) is 0 Å². The molecule has 2 aromatic rings. The molecule has 0 N–H and O–H groups in total. The van der Waals surface area contributed by atoms with Crippen LogP contribution >= 0.6 is 0 Å². The minimum absolute atomic E-state index is 0.0990. The third-order valence-corrected chi connectivity index (χ3v) is 4.66. The molecule has 1 fully saturated rings. The Balaban J connectivity index is 1.67. The average molecular weight is 352 g/mol. The highest BCUT2D eigenvalue weighted by molar-refractivity contribution is 5.93. The van der Waals surface area contributed by atoms with Crippen LogP contribution in [0.25, 0.3) is 0 Å². The molecule has 1 aliphatic rings. The molecule has 1 aliphatic heterocycles. The number of carbonyl (C=O) groups excluding carboxylic acids is 2. The van der Waals surface area contributed by atoms with E-state index in [2.05, 4.69) is 9.88 Å². The van der Waals surface area contributed by atoms with Crippen LogP contribution in [-0.2, 0) is 11.3 Å². The van der Waals surface area contributed by atoms with Crippen molar-refractivity contribution in [1.82, 2.24) is 14.8 Å². The van der Waals surface area contributed by atoms with E-state index < -0.39 is 0 Å². The Labute approximate surface area is 154 Å². The topological polar surface area (TPSA) is 56.8 Å². The van der Waals surface area contributed by atoms with Gasteiger partial charge in [0.2, 0.25) is 5.91 Å². The van der Waals surface area contributed by atoms with E-state index in [9.17, 15) is 9.59 Å². The Kier molecular flexibility index (Phi) is 5.51. The minimum atomic E-state index is -0.0990. The summed E-state index contributed by atoms with van der Waals surface area (Å²) >= 11 is 0. The van der Waals surface area contributed by atoms with Gasteiger partial charge < -0.3 is 14.7 Å². The lowest BCUT2D eigenvalue weighted by atomic mass is 10.2. The molecule has 0 saturated carbocycles. The zero-order chi connectivity index (χ0) is 18.5. The third-order valence-electron chi connectivity index (χ3n) is 4.66. The molecule has 136 valence electrons. The number of amides is 2. The van der Waals surface area contributed by atoms with Gasteiger partial charge in [-0.15, -0.1) is 0 Å². The molecular formula is C20H24N4O2. The van der Waals surface area contributed by atoms with E-state index in [1.54, 1.807) is 25.1 Å². The van der Waals surface area contributed by atoms with Crippen LogP contribution < -0.4 is 4.90 Å². The molecule has 6 heteroatoms. The maximum Gasteiger partial charge on any atom is 0.272 e. The lowest BCUT2D eigenvalue weighted by Gasteiger charge is -2.35. The van der Waals surface area contributed by atoms with Gasteiger partial charge in [-0.3, -0.25) is 14.6 Å². The number of benzene rings is 1. The van der Waals surface area contributed by atoms with Crippen molar-refractivity contribution < 1.29 is 9.59 Å². The van der Waals surface area contributed by atoms with E-state index in [0.29, 0.717) is 25.3 Å².